The van der Waals surface area contributed by atoms with Gasteiger partial charge in [0, 0.05) is 6.54 Å². The van der Waals surface area contributed by atoms with E-state index in [2.05, 4.69) is 16.0 Å². The van der Waals surface area contributed by atoms with E-state index in [4.69, 9.17) is 4.74 Å². The molecule has 6 nitrogen and oxygen atoms in total. The molecule has 0 radical (unpaired) electrons. The highest BCUT2D eigenvalue weighted by molar-refractivity contribution is 5.86. The van der Waals surface area contributed by atoms with Crippen LogP contribution in [-0.4, -0.2) is 38.3 Å². The Hall–Kier alpha value is -2.38. The first-order valence-corrected chi connectivity index (χ1v) is 7.13. The number of urea groups is 1. The standard InChI is InChI=1S/C15H21F2N3O3/c1-9(11-4-5-13(23-3)12(17)8-11)19-15(22)20-10(2)14(21)18-7-6-16/h4-5,8-10H,6-7H2,1-3H3,(H,18,21)(H2,19,20,22)/t9-,10-/m1/s1. The summed E-state index contributed by atoms with van der Waals surface area (Å²) < 4.78 is 30.4. The highest BCUT2D eigenvalue weighted by Gasteiger charge is 2.17. The lowest BCUT2D eigenvalue weighted by Crippen LogP contribution is -2.49. The van der Waals surface area contributed by atoms with Gasteiger partial charge in [-0.3, -0.25) is 4.79 Å². The second kappa shape index (κ2) is 8.92. The molecule has 1 aromatic rings. The van der Waals surface area contributed by atoms with E-state index in [1.165, 1.54) is 26.2 Å². The zero-order valence-electron chi connectivity index (χ0n) is 13.3. The lowest BCUT2D eigenvalue weighted by molar-refractivity contribution is -0.122. The monoisotopic (exact) mass is 329 g/mol. The molecule has 0 bridgehead atoms. The van der Waals surface area contributed by atoms with Crippen molar-refractivity contribution >= 4 is 11.9 Å². The van der Waals surface area contributed by atoms with Gasteiger partial charge in [0.25, 0.3) is 0 Å². The van der Waals surface area contributed by atoms with E-state index in [9.17, 15) is 18.4 Å². The first kappa shape index (κ1) is 18.7. The summed E-state index contributed by atoms with van der Waals surface area (Å²) in [4.78, 5) is 23.4. The van der Waals surface area contributed by atoms with E-state index in [-0.39, 0.29) is 12.3 Å². The summed E-state index contributed by atoms with van der Waals surface area (Å²) in [6, 6.07) is 2.48. The summed E-state index contributed by atoms with van der Waals surface area (Å²) in [7, 11) is 1.36. The van der Waals surface area contributed by atoms with E-state index in [1.807, 2.05) is 0 Å². The maximum absolute atomic E-state index is 13.6. The molecule has 0 aliphatic rings. The van der Waals surface area contributed by atoms with Crippen molar-refractivity contribution in [2.75, 3.05) is 20.3 Å². The Bertz CT molecular complexity index is 555. The number of methoxy groups -OCH3 is 1. The Balaban J connectivity index is 2.56. The normalized spacial score (nSPS) is 12.9. The molecule has 0 spiro atoms. The van der Waals surface area contributed by atoms with Crippen LogP contribution < -0.4 is 20.7 Å². The summed E-state index contributed by atoms with van der Waals surface area (Å²) >= 11 is 0. The molecule has 0 aromatic heterocycles. The average molecular weight is 329 g/mol. The summed E-state index contributed by atoms with van der Waals surface area (Å²) in [6.45, 7) is 2.37. The molecule has 2 atom stereocenters. The Morgan fingerprint density at radius 3 is 2.52 bits per heavy atom. The summed E-state index contributed by atoms with van der Waals surface area (Å²) in [5.41, 5.74) is 0.549. The number of benzene rings is 1. The molecule has 0 unspecified atom stereocenters. The molecular weight excluding hydrogens is 308 g/mol. The maximum atomic E-state index is 13.6. The van der Waals surface area contributed by atoms with Crippen molar-refractivity contribution in [3.63, 3.8) is 0 Å². The van der Waals surface area contributed by atoms with E-state index in [0.717, 1.165) is 0 Å². The van der Waals surface area contributed by atoms with Crippen molar-refractivity contribution in [2.45, 2.75) is 25.9 Å². The van der Waals surface area contributed by atoms with E-state index in [1.54, 1.807) is 13.0 Å². The van der Waals surface area contributed by atoms with E-state index in [0.29, 0.717) is 5.56 Å². The molecule has 0 heterocycles. The van der Waals surface area contributed by atoms with Gasteiger partial charge in [-0.15, -0.1) is 0 Å². The number of hydrogen-bond acceptors (Lipinski definition) is 3. The number of carbonyl (C=O) groups is 2. The van der Waals surface area contributed by atoms with Crippen LogP contribution in [0.25, 0.3) is 0 Å². The minimum Gasteiger partial charge on any atom is -0.494 e. The Morgan fingerprint density at radius 1 is 1.26 bits per heavy atom. The number of ether oxygens (including phenoxy) is 1. The van der Waals surface area contributed by atoms with E-state index < -0.39 is 36.5 Å². The molecule has 0 aliphatic carbocycles. The molecule has 23 heavy (non-hydrogen) atoms. The van der Waals surface area contributed by atoms with Gasteiger partial charge in [0.05, 0.1) is 13.2 Å². The summed E-state index contributed by atoms with van der Waals surface area (Å²) in [5, 5.41) is 7.34. The molecule has 1 rings (SSSR count). The predicted molar refractivity (Wildman–Crippen MR) is 81.5 cm³/mol. The van der Waals surface area contributed by atoms with Gasteiger partial charge >= 0.3 is 6.03 Å². The van der Waals surface area contributed by atoms with Crippen molar-refractivity contribution in [1.29, 1.82) is 0 Å². The zero-order chi connectivity index (χ0) is 17.4. The topological polar surface area (TPSA) is 79.5 Å². The zero-order valence-corrected chi connectivity index (χ0v) is 13.3. The van der Waals surface area contributed by atoms with Crippen molar-refractivity contribution in [1.82, 2.24) is 16.0 Å². The maximum Gasteiger partial charge on any atom is 0.315 e. The Kier molecular flexibility index (Phi) is 7.24. The van der Waals surface area contributed by atoms with Crippen molar-refractivity contribution in [3.05, 3.63) is 29.6 Å². The third-order valence-electron chi connectivity index (χ3n) is 3.16. The van der Waals surface area contributed by atoms with Crippen LogP contribution in [-0.2, 0) is 4.79 Å². The number of carbonyl (C=O) groups excluding carboxylic acids is 2. The van der Waals surface area contributed by atoms with Crippen LogP contribution >= 0.6 is 0 Å². The number of nitrogens with one attached hydrogen (secondary N) is 3. The first-order chi connectivity index (χ1) is 10.9. The lowest BCUT2D eigenvalue weighted by Gasteiger charge is -2.18. The lowest BCUT2D eigenvalue weighted by atomic mass is 10.1. The van der Waals surface area contributed by atoms with Crippen molar-refractivity contribution < 1.29 is 23.1 Å². The number of rotatable bonds is 7. The van der Waals surface area contributed by atoms with Crippen LogP contribution in [0, 0.1) is 5.82 Å². The third-order valence-corrected chi connectivity index (χ3v) is 3.16. The minimum absolute atomic E-state index is 0.103. The number of amides is 3. The van der Waals surface area contributed by atoms with E-state index >= 15 is 0 Å². The van der Waals surface area contributed by atoms with Crippen LogP contribution in [0.15, 0.2) is 18.2 Å². The largest absolute Gasteiger partial charge is 0.494 e. The minimum atomic E-state index is -0.818. The summed E-state index contributed by atoms with van der Waals surface area (Å²) in [5.74, 6) is -0.900. The Morgan fingerprint density at radius 2 is 1.96 bits per heavy atom. The van der Waals surface area contributed by atoms with Gasteiger partial charge in [-0.25, -0.2) is 13.6 Å². The highest BCUT2D eigenvalue weighted by atomic mass is 19.1. The molecule has 1 aromatic carbocycles. The molecule has 0 aliphatic heterocycles. The molecule has 0 saturated carbocycles. The highest BCUT2D eigenvalue weighted by Crippen LogP contribution is 2.21. The van der Waals surface area contributed by atoms with Crippen LogP contribution in [0.1, 0.15) is 25.5 Å². The van der Waals surface area contributed by atoms with Gasteiger partial charge in [0.15, 0.2) is 11.6 Å². The summed E-state index contributed by atoms with van der Waals surface area (Å²) in [6.07, 6.45) is 0. The molecule has 0 fully saturated rings. The third kappa shape index (κ3) is 5.72. The van der Waals surface area contributed by atoms with Crippen LogP contribution in [0.3, 0.4) is 0 Å². The van der Waals surface area contributed by atoms with Gasteiger partial charge in [-0.2, -0.15) is 0 Å². The van der Waals surface area contributed by atoms with Gasteiger partial charge in [-0.05, 0) is 31.5 Å². The predicted octanol–water partition coefficient (Wildman–Crippen LogP) is 1.67. The smallest absolute Gasteiger partial charge is 0.315 e. The second-order valence-electron chi connectivity index (χ2n) is 4.94. The number of hydrogen-bond donors (Lipinski definition) is 3. The van der Waals surface area contributed by atoms with Gasteiger partial charge < -0.3 is 20.7 Å². The van der Waals surface area contributed by atoms with Crippen molar-refractivity contribution in [3.8, 4) is 5.75 Å². The number of alkyl halides is 1. The van der Waals surface area contributed by atoms with Crippen LogP contribution in [0.2, 0.25) is 0 Å². The molecule has 128 valence electrons. The molecular formula is C15H21F2N3O3. The van der Waals surface area contributed by atoms with Crippen LogP contribution in [0.4, 0.5) is 13.6 Å². The fourth-order valence-corrected chi connectivity index (χ4v) is 1.86. The molecule has 0 saturated heterocycles. The van der Waals surface area contributed by atoms with Crippen LogP contribution in [0.5, 0.6) is 5.75 Å². The molecule has 3 amide bonds. The van der Waals surface area contributed by atoms with Crippen molar-refractivity contribution in [2.24, 2.45) is 0 Å². The quantitative estimate of drug-likeness (QED) is 0.712. The fourth-order valence-electron chi connectivity index (χ4n) is 1.86. The second-order valence-corrected chi connectivity index (χ2v) is 4.94. The SMILES string of the molecule is COc1ccc([C@@H](C)NC(=O)N[C@H](C)C(=O)NCCF)cc1F. The van der Waals surface area contributed by atoms with Gasteiger partial charge in [0.2, 0.25) is 5.91 Å². The fraction of sp³-hybridized carbons (Fsp3) is 0.467. The average Bonchev–Trinajstić information content (AvgIpc) is 2.52. The Labute approximate surface area is 133 Å². The first-order valence-electron chi connectivity index (χ1n) is 7.13. The molecule has 8 heteroatoms. The van der Waals surface area contributed by atoms with Gasteiger partial charge in [0.1, 0.15) is 12.7 Å². The molecule has 3 N–H and O–H groups in total. The van der Waals surface area contributed by atoms with Gasteiger partial charge in [-0.1, -0.05) is 6.07 Å². The number of halogens is 2.